The number of fused-ring (bicyclic) bond motifs is 1. The number of ether oxygens (including phenoxy) is 4. The van der Waals surface area contributed by atoms with Gasteiger partial charge in [-0.15, -0.1) is 0 Å². The molecule has 0 aliphatic carbocycles. The standard InChI is InChI=1S/C25H37N2O8P/c1-16(6-7-19-22(28)21-20(14-35-25(21)30)17(2)23(19)32-4)15-36(31)26-18(3)24(29)34-11-5-8-27-9-12-33-13-10-27/h6,18,26,28,31H,5,7-15H2,1-4H3/b16-6+/t18-,36?/m0/s1. The van der Waals surface area contributed by atoms with E-state index in [0.717, 1.165) is 50.4 Å². The summed E-state index contributed by atoms with van der Waals surface area (Å²) in [6, 6.07) is -0.633. The van der Waals surface area contributed by atoms with Crippen LogP contribution in [0.2, 0.25) is 0 Å². The van der Waals surface area contributed by atoms with Crippen LogP contribution in [0.3, 0.4) is 0 Å². The third-order valence-corrected chi connectivity index (χ3v) is 7.85. The zero-order valence-electron chi connectivity index (χ0n) is 21.5. The normalized spacial score (nSPS) is 17.9. The molecule has 1 unspecified atom stereocenters. The van der Waals surface area contributed by atoms with Gasteiger partial charge in [0.1, 0.15) is 38.0 Å². The van der Waals surface area contributed by atoms with Gasteiger partial charge >= 0.3 is 11.9 Å². The van der Waals surface area contributed by atoms with E-state index in [-0.39, 0.29) is 17.9 Å². The van der Waals surface area contributed by atoms with Crippen LogP contribution in [-0.4, -0.2) is 85.6 Å². The van der Waals surface area contributed by atoms with E-state index in [9.17, 15) is 19.6 Å². The highest BCUT2D eigenvalue weighted by molar-refractivity contribution is 7.49. The van der Waals surface area contributed by atoms with Gasteiger partial charge in [-0.2, -0.15) is 0 Å². The molecule has 1 aromatic carbocycles. The van der Waals surface area contributed by atoms with Crippen LogP contribution in [0.5, 0.6) is 11.5 Å². The van der Waals surface area contributed by atoms with Gasteiger partial charge < -0.3 is 28.9 Å². The van der Waals surface area contributed by atoms with Gasteiger partial charge in [-0.1, -0.05) is 11.6 Å². The summed E-state index contributed by atoms with van der Waals surface area (Å²) >= 11 is 0. The molecule has 0 radical (unpaired) electrons. The van der Waals surface area contributed by atoms with Crippen LogP contribution in [0.1, 0.15) is 47.3 Å². The number of hydrogen-bond acceptors (Lipinski definition) is 10. The van der Waals surface area contributed by atoms with E-state index < -0.39 is 26.3 Å². The molecular formula is C25H37N2O8P. The zero-order valence-corrected chi connectivity index (χ0v) is 22.4. The smallest absolute Gasteiger partial charge is 0.342 e. The Morgan fingerprint density at radius 1 is 1.33 bits per heavy atom. The summed E-state index contributed by atoms with van der Waals surface area (Å²) < 4.78 is 21.3. The Kier molecular flexibility index (Phi) is 10.5. The second-order valence-corrected chi connectivity index (χ2v) is 10.4. The van der Waals surface area contributed by atoms with E-state index >= 15 is 0 Å². The number of phenolic OH excluding ortho intramolecular Hbond substituents is 1. The second kappa shape index (κ2) is 13.4. The third kappa shape index (κ3) is 7.17. The molecule has 1 saturated heterocycles. The molecular weight excluding hydrogens is 487 g/mol. The summed E-state index contributed by atoms with van der Waals surface area (Å²) in [5.74, 6) is -0.549. The zero-order chi connectivity index (χ0) is 26.2. The maximum absolute atomic E-state index is 12.3. The largest absolute Gasteiger partial charge is 0.507 e. The van der Waals surface area contributed by atoms with Gasteiger partial charge in [0.05, 0.1) is 26.9 Å². The lowest BCUT2D eigenvalue weighted by molar-refractivity contribution is -0.145. The van der Waals surface area contributed by atoms with Crippen molar-refractivity contribution in [2.75, 3.05) is 52.7 Å². The van der Waals surface area contributed by atoms with E-state index in [1.165, 1.54) is 7.11 Å². The predicted octanol–water partition coefficient (Wildman–Crippen LogP) is 2.42. The number of esters is 2. The fraction of sp³-hybridized carbons (Fsp3) is 0.600. The first-order valence-electron chi connectivity index (χ1n) is 12.2. The average molecular weight is 525 g/mol. The van der Waals surface area contributed by atoms with Gasteiger partial charge in [-0.25, -0.2) is 4.79 Å². The van der Waals surface area contributed by atoms with Gasteiger partial charge in [0.15, 0.2) is 0 Å². The Labute approximate surface area is 213 Å². The molecule has 0 spiro atoms. The molecule has 3 N–H and O–H groups in total. The molecule has 2 aliphatic heterocycles. The van der Waals surface area contributed by atoms with Crippen molar-refractivity contribution in [1.82, 2.24) is 9.99 Å². The lowest BCUT2D eigenvalue weighted by Crippen LogP contribution is -2.37. The number of rotatable bonds is 12. The van der Waals surface area contributed by atoms with E-state index in [1.807, 2.05) is 19.9 Å². The minimum Gasteiger partial charge on any atom is -0.507 e. The van der Waals surface area contributed by atoms with Crippen LogP contribution < -0.4 is 9.82 Å². The molecule has 3 rings (SSSR count). The molecule has 11 heteroatoms. The lowest BCUT2D eigenvalue weighted by Gasteiger charge is -2.26. The Morgan fingerprint density at radius 2 is 2.06 bits per heavy atom. The minimum absolute atomic E-state index is 0.119. The number of benzene rings is 1. The van der Waals surface area contributed by atoms with E-state index in [0.29, 0.717) is 36.1 Å². The number of phenols is 1. The first-order valence-corrected chi connectivity index (χ1v) is 13.6. The Balaban J connectivity index is 1.48. The molecule has 0 saturated carbocycles. The first kappa shape index (κ1) is 28.3. The molecule has 0 aromatic heterocycles. The Morgan fingerprint density at radius 3 is 2.75 bits per heavy atom. The van der Waals surface area contributed by atoms with Crippen molar-refractivity contribution in [3.05, 3.63) is 33.9 Å². The summed E-state index contributed by atoms with van der Waals surface area (Å²) in [6.07, 6.45) is 3.26. The van der Waals surface area contributed by atoms with Crippen LogP contribution >= 0.6 is 8.30 Å². The highest BCUT2D eigenvalue weighted by Crippen LogP contribution is 2.42. The van der Waals surface area contributed by atoms with Crippen molar-refractivity contribution >= 4 is 20.2 Å². The number of carbonyl (C=O) groups is 2. The monoisotopic (exact) mass is 524 g/mol. The predicted molar refractivity (Wildman–Crippen MR) is 135 cm³/mol. The third-order valence-electron chi connectivity index (χ3n) is 6.36. The van der Waals surface area contributed by atoms with Crippen molar-refractivity contribution in [2.24, 2.45) is 0 Å². The number of nitrogens with one attached hydrogen (secondary N) is 1. The molecule has 0 amide bonds. The summed E-state index contributed by atoms with van der Waals surface area (Å²) in [5, 5.41) is 13.7. The van der Waals surface area contributed by atoms with Gasteiger partial charge in [0, 0.05) is 36.9 Å². The fourth-order valence-electron chi connectivity index (χ4n) is 4.34. The van der Waals surface area contributed by atoms with Gasteiger partial charge in [0.2, 0.25) is 0 Å². The van der Waals surface area contributed by atoms with Gasteiger partial charge in [-0.05, 0) is 39.2 Å². The number of cyclic esters (lactones) is 1. The summed E-state index contributed by atoms with van der Waals surface area (Å²) in [5.41, 5.74) is 2.96. The number of methoxy groups -OCH3 is 1. The molecule has 2 atom stereocenters. The molecule has 36 heavy (non-hydrogen) atoms. The Bertz CT molecular complexity index is 978. The van der Waals surface area contributed by atoms with E-state index in [2.05, 4.69) is 9.99 Å². The topological polar surface area (TPSA) is 127 Å². The number of carbonyl (C=O) groups excluding carboxylic acids is 2. The van der Waals surface area contributed by atoms with Crippen molar-refractivity contribution in [2.45, 2.75) is 46.3 Å². The summed E-state index contributed by atoms with van der Waals surface area (Å²) in [4.78, 5) is 37.1. The highest BCUT2D eigenvalue weighted by atomic mass is 31.2. The molecule has 10 nitrogen and oxygen atoms in total. The molecule has 2 aliphatic rings. The molecule has 0 bridgehead atoms. The molecule has 200 valence electrons. The van der Waals surface area contributed by atoms with Crippen molar-refractivity contribution in [1.29, 1.82) is 0 Å². The maximum atomic E-state index is 12.3. The summed E-state index contributed by atoms with van der Waals surface area (Å²) in [6.45, 7) is 9.97. The lowest BCUT2D eigenvalue weighted by atomic mass is 9.95. The van der Waals surface area contributed by atoms with E-state index in [4.69, 9.17) is 18.9 Å². The molecule has 1 fully saturated rings. The average Bonchev–Trinajstić information content (AvgIpc) is 3.25. The van der Waals surface area contributed by atoms with Crippen LogP contribution in [0, 0.1) is 6.92 Å². The van der Waals surface area contributed by atoms with Crippen LogP contribution in [0.25, 0.3) is 0 Å². The number of nitrogens with zero attached hydrogens (tertiary/aromatic N) is 1. The van der Waals surface area contributed by atoms with Crippen LogP contribution in [0.4, 0.5) is 0 Å². The number of aromatic hydroxyl groups is 1. The number of hydrogen-bond donors (Lipinski definition) is 3. The van der Waals surface area contributed by atoms with Crippen LogP contribution in [0.15, 0.2) is 11.6 Å². The maximum Gasteiger partial charge on any atom is 0.342 e. The SMILES string of the molecule is COc1c(C)c2c(c(O)c1C/C=C(\C)CP(O)N[C@@H](C)C(=O)OCCCN1CCOCC1)C(=O)OC2. The highest BCUT2D eigenvalue weighted by Gasteiger charge is 2.32. The molecule has 2 heterocycles. The van der Waals surface area contributed by atoms with Gasteiger partial charge in [0.25, 0.3) is 0 Å². The van der Waals surface area contributed by atoms with Crippen LogP contribution in [-0.2, 0) is 32.0 Å². The number of morpholine rings is 1. The van der Waals surface area contributed by atoms with Gasteiger partial charge in [-0.3, -0.25) is 14.8 Å². The molecule has 1 aromatic rings. The van der Waals surface area contributed by atoms with Crippen molar-refractivity contribution < 1.29 is 38.5 Å². The van der Waals surface area contributed by atoms with Crippen molar-refractivity contribution in [3.8, 4) is 11.5 Å². The minimum atomic E-state index is -1.65. The fourth-order valence-corrected chi connectivity index (χ4v) is 5.58. The Hall–Kier alpha value is -2.23. The summed E-state index contributed by atoms with van der Waals surface area (Å²) in [7, 11) is -0.127. The van der Waals surface area contributed by atoms with E-state index in [1.54, 1.807) is 6.92 Å². The second-order valence-electron chi connectivity index (χ2n) is 9.05. The number of allylic oxidation sites excluding steroid dienone is 2. The first-order chi connectivity index (χ1) is 17.2. The van der Waals surface area contributed by atoms with Crippen molar-refractivity contribution in [3.63, 3.8) is 0 Å². The quantitative estimate of drug-likeness (QED) is 0.162.